The summed E-state index contributed by atoms with van der Waals surface area (Å²) in [7, 11) is 0. The first kappa shape index (κ1) is 20.2. The molecule has 0 heterocycles. The van der Waals surface area contributed by atoms with Gasteiger partial charge in [-0.1, -0.05) is 43.0 Å². The minimum Gasteiger partial charge on any atom is -0.380 e. The lowest BCUT2D eigenvalue weighted by Crippen LogP contribution is -2.15. The molecule has 6 heteroatoms. The van der Waals surface area contributed by atoms with E-state index >= 15 is 0 Å². The molecule has 0 saturated carbocycles. The molecule has 0 radical (unpaired) electrons. The van der Waals surface area contributed by atoms with Gasteiger partial charge in [-0.25, -0.2) is 8.78 Å². The summed E-state index contributed by atoms with van der Waals surface area (Å²) >= 11 is 1.96. The van der Waals surface area contributed by atoms with Crippen LogP contribution in [-0.2, 0) is 0 Å². The highest BCUT2D eigenvalue weighted by Crippen LogP contribution is 2.31. The monoisotopic (exact) mass is 491 g/mol. The molecule has 3 nitrogen and oxygen atoms in total. The standard InChI is InChI=1S/C22H16F2INO2/c1-2-13-10-16(22(28)21(27)14-6-4-3-5-7-14)20(18(24)11-13)26-19-9-8-15(25)12-17(19)23/h2-12,21,26-27H,1H2. The second kappa shape index (κ2) is 8.62. The van der Waals surface area contributed by atoms with E-state index in [1.807, 2.05) is 22.6 Å². The quantitative estimate of drug-likeness (QED) is 0.335. The SMILES string of the molecule is C=Cc1cc(F)c(Nc2ccc(I)cc2F)c(C(=O)C(O)c2ccccc2)c1. The Bertz CT molecular complexity index is 1040. The van der Waals surface area contributed by atoms with E-state index in [2.05, 4.69) is 11.9 Å². The smallest absolute Gasteiger partial charge is 0.198 e. The van der Waals surface area contributed by atoms with Crippen LogP contribution in [0.1, 0.15) is 27.6 Å². The van der Waals surface area contributed by atoms with Crippen LogP contribution >= 0.6 is 22.6 Å². The molecule has 0 bridgehead atoms. The first-order valence-corrected chi connectivity index (χ1v) is 9.44. The normalized spacial score (nSPS) is 11.7. The third kappa shape index (κ3) is 4.28. The third-order valence-corrected chi connectivity index (χ3v) is 4.84. The van der Waals surface area contributed by atoms with Crippen molar-refractivity contribution >= 4 is 45.8 Å². The average Bonchev–Trinajstić information content (AvgIpc) is 2.70. The number of Topliss-reactive ketones (excluding diaryl/α,β-unsaturated/α-hetero) is 1. The Balaban J connectivity index is 2.07. The van der Waals surface area contributed by atoms with Crippen molar-refractivity contribution in [3.05, 3.63) is 99.1 Å². The molecule has 0 saturated heterocycles. The Hall–Kier alpha value is -2.58. The summed E-state index contributed by atoms with van der Waals surface area (Å²) in [5.74, 6) is -2.04. The van der Waals surface area contributed by atoms with Crippen LogP contribution in [0.25, 0.3) is 6.08 Å². The van der Waals surface area contributed by atoms with E-state index in [-0.39, 0.29) is 16.9 Å². The van der Waals surface area contributed by atoms with Crippen LogP contribution in [-0.4, -0.2) is 10.9 Å². The maximum atomic E-state index is 14.8. The molecular formula is C22H16F2INO2. The number of carbonyl (C=O) groups is 1. The minimum absolute atomic E-state index is 0.0221. The average molecular weight is 491 g/mol. The summed E-state index contributed by atoms with van der Waals surface area (Å²) in [6, 6.07) is 15.3. The Labute approximate surface area is 174 Å². The van der Waals surface area contributed by atoms with E-state index in [0.29, 0.717) is 14.7 Å². The van der Waals surface area contributed by atoms with Gasteiger partial charge >= 0.3 is 0 Å². The Kier molecular flexibility index (Phi) is 6.21. The lowest BCUT2D eigenvalue weighted by Gasteiger charge is -2.17. The summed E-state index contributed by atoms with van der Waals surface area (Å²) in [6.45, 7) is 3.59. The Morgan fingerprint density at radius 3 is 2.43 bits per heavy atom. The van der Waals surface area contributed by atoms with E-state index in [1.165, 1.54) is 30.3 Å². The number of aliphatic hydroxyl groups is 1. The fourth-order valence-electron chi connectivity index (χ4n) is 2.73. The molecule has 0 aliphatic carbocycles. The minimum atomic E-state index is -1.48. The molecule has 0 amide bonds. The van der Waals surface area contributed by atoms with Gasteiger partial charge in [0.25, 0.3) is 0 Å². The van der Waals surface area contributed by atoms with Gasteiger partial charge in [-0.05, 0) is 64.0 Å². The number of carbonyl (C=O) groups excluding carboxylic acids is 1. The van der Waals surface area contributed by atoms with Gasteiger partial charge in [0.2, 0.25) is 0 Å². The number of aliphatic hydroxyl groups excluding tert-OH is 1. The Morgan fingerprint density at radius 1 is 1.07 bits per heavy atom. The molecule has 2 N–H and O–H groups in total. The highest BCUT2D eigenvalue weighted by atomic mass is 127. The van der Waals surface area contributed by atoms with Crippen molar-refractivity contribution in [3.63, 3.8) is 0 Å². The molecule has 0 aromatic heterocycles. The van der Waals surface area contributed by atoms with Crippen LogP contribution < -0.4 is 5.32 Å². The molecule has 3 aromatic rings. The second-order valence-electron chi connectivity index (χ2n) is 6.06. The number of hydrogen-bond donors (Lipinski definition) is 2. The maximum Gasteiger partial charge on any atom is 0.198 e. The number of nitrogens with one attached hydrogen (secondary N) is 1. The van der Waals surface area contributed by atoms with E-state index in [1.54, 1.807) is 36.4 Å². The predicted molar refractivity (Wildman–Crippen MR) is 115 cm³/mol. The van der Waals surface area contributed by atoms with Gasteiger partial charge in [0.05, 0.1) is 11.4 Å². The van der Waals surface area contributed by atoms with Crippen molar-refractivity contribution < 1.29 is 18.7 Å². The fourth-order valence-corrected chi connectivity index (χ4v) is 3.18. The van der Waals surface area contributed by atoms with Gasteiger partial charge in [-0.15, -0.1) is 0 Å². The van der Waals surface area contributed by atoms with Gasteiger partial charge in [0.1, 0.15) is 17.7 Å². The highest BCUT2D eigenvalue weighted by molar-refractivity contribution is 14.1. The zero-order valence-corrected chi connectivity index (χ0v) is 16.8. The van der Waals surface area contributed by atoms with Crippen LogP contribution in [0, 0.1) is 15.2 Å². The first-order chi connectivity index (χ1) is 13.4. The molecule has 0 fully saturated rings. The van der Waals surface area contributed by atoms with Gasteiger partial charge in [0, 0.05) is 9.13 Å². The number of anilines is 2. The van der Waals surface area contributed by atoms with Gasteiger partial charge < -0.3 is 10.4 Å². The van der Waals surface area contributed by atoms with E-state index < -0.39 is 23.5 Å². The molecule has 0 spiro atoms. The van der Waals surface area contributed by atoms with Crippen molar-refractivity contribution in [2.45, 2.75) is 6.10 Å². The van der Waals surface area contributed by atoms with Crippen molar-refractivity contribution in [2.75, 3.05) is 5.32 Å². The summed E-state index contributed by atoms with van der Waals surface area (Å²) in [5.41, 5.74) is 0.474. The summed E-state index contributed by atoms with van der Waals surface area (Å²) in [4.78, 5) is 12.9. The zero-order chi connectivity index (χ0) is 20.3. The van der Waals surface area contributed by atoms with Crippen molar-refractivity contribution in [1.29, 1.82) is 0 Å². The van der Waals surface area contributed by atoms with E-state index in [4.69, 9.17) is 0 Å². The first-order valence-electron chi connectivity index (χ1n) is 8.36. The van der Waals surface area contributed by atoms with Gasteiger partial charge in [-0.3, -0.25) is 4.79 Å². The van der Waals surface area contributed by atoms with Gasteiger partial charge in [0.15, 0.2) is 5.78 Å². The second-order valence-corrected chi connectivity index (χ2v) is 7.30. The maximum absolute atomic E-state index is 14.8. The Morgan fingerprint density at radius 2 is 1.79 bits per heavy atom. The van der Waals surface area contributed by atoms with Crippen LogP contribution in [0.5, 0.6) is 0 Å². The highest BCUT2D eigenvalue weighted by Gasteiger charge is 2.25. The van der Waals surface area contributed by atoms with Gasteiger partial charge in [-0.2, -0.15) is 0 Å². The molecule has 1 atom stereocenters. The molecule has 142 valence electrons. The summed E-state index contributed by atoms with van der Waals surface area (Å²) < 4.78 is 29.7. The lowest BCUT2D eigenvalue weighted by atomic mass is 9.96. The molecule has 1 unspecified atom stereocenters. The molecule has 0 aliphatic rings. The van der Waals surface area contributed by atoms with Crippen molar-refractivity contribution in [1.82, 2.24) is 0 Å². The van der Waals surface area contributed by atoms with Crippen molar-refractivity contribution in [2.24, 2.45) is 0 Å². The summed E-state index contributed by atoms with van der Waals surface area (Å²) in [6.07, 6.45) is -0.0907. The molecule has 3 aromatic carbocycles. The third-order valence-electron chi connectivity index (χ3n) is 4.17. The molecule has 3 rings (SSSR count). The fraction of sp³-hybridized carbons (Fsp3) is 0.0455. The number of ketones is 1. The molecule has 0 aliphatic heterocycles. The lowest BCUT2D eigenvalue weighted by molar-refractivity contribution is 0.0748. The number of hydrogen-bond acceptors (Lipinski definition) is 3. The van der Waals surface area contributed by atoms with Crippen LogP contribution in [0.3, 0.4) is 0 Å². The predicted octanol–water partition coefficient (Wildman–Crippen LogP) is 5.87. The van der Waals surface area contributed by atoms with Crippen LogP contribution in [0.4, 0.5) is 20.2 Å². The van der Waals surface area contributed by atoms with Crippen LogP contribution in [0.15, 0.2) is 67.2 Å². The zero-order valence-electron chi connectivity index (χ0n) is 14.6. The number of rotatable bonds is 6. The largest absolute Gasteiger partial charge is 0.380 e. The topological polar surface area (TPSA) is 49.3 Å². The van der Waals surface area contributed by atoms with E-state index in [0.717, 1.165) is 0 Å². The molecular weight excluding hydrogens is 475 g/mol. The number of halogens is 3. The van der Waals surface area contributed by atoms with E-state index in [9.17, 15) is 18.7 Å². The summed E-state index contributed by atoms with van der Waals surface area (Å²) in [5, 5.41) is 13.1. The van der Waals surface area contributed by atoms with Crippen LogP contribution in [0.2, 0.25) is 0 Å². The van der Waals surface area contributed by atoms with Crippen molar-refractivity contribution in [3.8, 4) is 0 Å². The molecule has 28 heavy (non-hydrogen) atoms. The number of benzene rings is 3.